The average molecular weight is 163 g/mol. The Morgan fingerprint density at radius 3 is 2.92 bits per heavy atom. The van der Waals surface area contributed by atoms with Gasteiger partial charge in [0.15, 0.2) is 0 Å². The molecule has 0 aliphatic carbocycles. The Kier molecular flexibility index (Phi) is 3.81. The minimum absolute atomic E-state index is 0.521. The molecular weight excluding hydrogens is 148 g/mol. The summed E-state index contributed by atoms with van der Waals surface area (Å²) in [4.78, 5) is 0. The molecule has 1 rings (SSSR count). The Labute approximate surface area is 74.4 Å². The smallest absolute Gasteiger partial charge is 0.0530 e. The van der Waals surface area contributed by atoms with Crippen LogP contribution in [0.25, 0.3) is 0 Å². The molecular formula is C11H15O. The van der Waals surface area contributed by atoms with E-state index in [0.29, 0.717) is 5.92 Å². The van der Waals surface area contributed by atoms with Crippen molar-refractivity contribution >= 4 is 0 Å². The van der Waals surface area contributed by atoms with Crippen molar-refractivity contribution in [3.8, 4) is 0 Å². The van der Waals surface area contributed by atoms with Crippen molar-refractivity contribution in [1.29, 1.82) is 0 Å². The van der Waals surface area contributed by atoms with Gasteiger partial charge >= 0.3 is 0 Å². The second-order valence-electron chi connectivity index (χ2n) is 2.90. The molecule has 1 nitrogen and oxygen atoms in total. The summed E-state index contributed by atoms with van der Waals surface area (Å²) in [6, 6.07) is 11.2. The number of hydrogen-bond donors (Lipinski definition) is 0. The molecule has 12 heavy (non-hydrogen) atoms. The summed E-state index contributed by atoms with van der Waals surface area (Å²) in [5.74, 6) is 0.521. The normalized spacial score (nSPS) is 12.8. The molecule has 0 amide bonds. The van der Waals surface area contributed by atoms with Crippen molar-refractivity contribution in [1.82, 2.24) is 0 Å². The maximum Gasteiger partial charge on any atom is 0.0530 e. The lowest BCUT2D eigenvalue weighted by molar-refractivity contribution is 0.177. The van der Waals surface area contributed by atoms with Gasteiger partial charge < -0.3 is 4.74 Å². The maximum absolute atomic E-state index is 5.14. The van der Waals surface area contributed by atoms with E-state index >= 15 is 0 Å². The molecule has 1 heteroatoms. The lowest BCUT2D eigenvalue weighted by Gasteiger charge is -2.13. The summed E-state index contributed by atoms with van der Waals surface area (Å²) in [7, 11) is 1.75. The van der Waals surface area contributed by atoms with Crippen molar-refractivity contribution < 1.29 is 4.74 Å². The Bertz CT molecular complexity index is 206. The van der Waals surface area contributed by atoms with Gasteiger partial charge in [0.25, 0.3) is 0 Å². The lowest BCUT2D eigenvalue weighted by Crippen LogP contribution is -2.04. The third-order valence-corrected chi connectivity index (χ3v) is 2.06. The molecule has 65 valence electrons. The molecule has 0 saturated carbocycles. The molecule has 0 saturated heterocycles. The van der Waals surface area contributed by atoms with Gasteiger partial charge in [-0.3, -0.25) is 0 Å². The molecule has 0 aliphatic heterocycles. The zero-order valence-electron chi connectivity index (χ0n) is 7.71. The van der Waals surface area contributed by atoms with Gasteiger partial charge in [0, 0.05) is 13.0 Å². The van der Waals surface area contributed by atoms with Crippen LogP contribution in [0, 0.1) is 6.07 Å². The van der Waals surface area contributed by atoms with Gasteiger partial charge in [0.2, 0.25) is 0 Å². The van der Waals surface area contributed by atoms with Gasteiger partial charge in [-0.2, -0.15) is 0 Å². The fourth-order valence-electron chi connectivity index (χ4n) is 1.31. The first kappa shape index (κ1) is 9.27. The van der Waals surface area contributed by atoms with Crippen LogP contribution in [0.5, 0.6) is 0 Å². The van der Waals surface area contributed by atoms with E-state index in [-0.39, 0.29) is 0 Å². The predicted octanol–water partition coefficient (Wildman–Crippen LogP) is 2.63. The van der Waals surface area contributed by atoms with Crippen LogP contribution in [0.4, 0.5) is 0 Å². The van der Waals surface area contributed by atoms with E-state index in [1.807, 2.05) is 18.2 Å². The van der Waals surface area contributed by atoms with E-state index in [1.54, 1.807) is 7.11 Å². The van der Waals surface area contributed by atoms with E-state index in [4.69, 9.17) is 4.74 Å². The van der Waals surface area contributed by atoms with Crippen LogP contribution in [-0.2, 0) is 4.74 Å². The summed E-state index contributed by atoms with van der Waals surface area (Å²) in [5, 5.41) is 0. The zero-order valence-corrected chi connectivity index (χ0v) is 7.71. The van der Waals surface area contributed by atoms with Crippen LogP contribution in [0.2, 0.25) is 0 Å². The van der Waals surface area contributed by atoms with Crippen molar-refractivity contribution in [3.63, 3.8) is 0 Å². The fraction of sp³-hybridized carbons (Fsp3) is 0.455. The SMILES string of the molecule is CCC(COC)c1c[c]ccc1. The molecule has 1 aromatic rings. The Balaban J connectivity index is 2.66. The van der Waals surface area contributed by atoms with Gasteiger partial charge in [-0.25, -0.2) is 0 Å². The predicted molar refractivity (Wildman–Crippen MR) is 50.2 cm³/mol. The monoisotopic (exact) mass is 163 g/mol. The molecule has 1 atom stereocenters. The second-order valence-corrected chi connectivity index (χ2v) is 2.90. The topological polar surface area (TPSA) is 9.23 Å². The maximum atomic E-state index is 5.14. The highest BCUT2D eigenvalue weighted by molar-refractivity contribution is 5.18. The summed E-state index contributed by atoms with van der Waals surface area (Å²) in [5.41, 5.74) is 1.32. The summed E-state index contributed by atoms with van der Waals surface area (Å²) < 4.78 is 5.14. The number of ether oxygens (including phenoxy) is 1. The van der Waals surface area contributed by atoms with Crippen LogP contribution < -0.4 is 0 Å². The molecule has 0 aromatic heterocycles. The Hall–Kier alpha value is -0.820. The van der Waals surface area contributed by atoms with Crippen molar-refractivity contribution in [2.24, 2.45) is 0 Å². The van der Waals surface area contributed by atoms with E-state index in [1.165, 1.54) is 5.56 Å². The van der Waals surface area contributed by atoms with Gasteiger partial charge in [-0.15, -0.1) is 0 Å². The quantitative estimate of drug-likeness (QED) is 0.663. The molecule has 0 heterocycles. The van der Waals surface area contributed by atoms with E-state index in [0.717, 1.165) is 13.0 Å². The van der Waals surface area contributed by atoms with E-state index in [2.05, 4.69) is 19.1 Å². The van der Waals surface area contributed by atoms with Crippen molar-refractivity contribution in [2.75, 3.05) is 13.7 Å². The van der Waals surface area contributed by atoms with Crippen molar-refractivity contribution in [3.05, 3.63) is 35.9 Å². The van der Waals surface area contributed by atoms with Gasteiger partial charge in [0.05, 0.1) is 6.61 Å². The Morgan fingerprint density at radius 1 is 1.58 bits per heavy atom. The zero-order chi connectivity index (χ0) is 8.81. The van der Waals surface area contributed by atoms with Crippen molar-refractivity contribution in [2.45, 2.75) is 19.3 Å². The minimum Gasteiger partial charge on any atom is -0.384 e. The third kappa shape index (κ3) is 2.35. The van der Waals surface area contributed by atoms with Gasteiger partial charge in [-0.1, -0.05) is 31.2 Å². The van der Waals surface area contributed by atoms with Gasteiger partial charge in [0.1, 0.15) is 0 Å². The average Bonchev–Trinajstić information content (AvgIpc) is 2.15. The first-order chi connectivity index (χ1) is 5.88. The van der Waals surface area contributed by atoms with Crippen LogP contribution in [0.15, 0.2) is 24.3 Å². The second kappa shape index (κ2) is 4.94. The van der Waals surface area contributed by atoms with Crippen LogP contribution in [-0.4, -0.2) is 13.7 Å². The molecule has 1 aromatic carbocycles. The molecule has 0 bridgehead atoms. The largest absolute Gasteiger partial charge is 0.384 e. The highest BCUT2D eigenvalue weighted by Crippen LogP contribution is 2.18. The van der Waals surface area contributed by atoms with E-state index in [9.17, 15) is 0 Å². The van der Waals surface area contributed by atoms with Gasteiger partial charge in [-0.05, 0) is 18.1 Å². The molecule has 1 radical (unpaired) electrons. The molecule has 1 unspecified atom stereocenters. The highest BCUT2D eigenvalue weighted by Gasteiger charge is 2.06. The summed E-state index contributed by atoms with van der Waals surface area (Å²) >= 11 is 0. The minimum atomic E-state index is 0.521. The molecule has 0 N–H and O–H groups in total. The summed E-state index contributed by atoms with van der Waals surface area (Å²) in [6.07, 6.45) is 1.12. The summed E-state index contributed by atoms with van der Waals surface area (Å²) in [6.45, 7) is 2.98. The fourth-order valence-corrected chi connectivity index (χ4v) is 1.31. The van der Waals surface area contributed by atoms with Crippen LogP contribution >= 0.6 is 0 Å². The highest BCUT2D eigenvalue weighted by atomic mass is 16.5. The third-order valence-electron chi connectivity index (χ3n) is 2.06. The van der Waals surface area contributed by atoms with Crippen LogP contribution in [0.1, 0.15) is 24.8 Å². The molecule has 0 aliphatic rings. The lowest BCUT2D eigenvalue weighted by atomic mass is 9.98. The first-order valence-corrected chi connectivity index (χ1v) is 4.33. The number of hydrogen-bond acceptors (Lipinski definition) is 1. The molecule has 0 fully saturated rings. The van der Waals surface area contributed by atoms with E-state index < -0.39 is 0 Å². The Morgan fingerprint density at radius 2 is 2.42 bits per heavy atom. The number of benzene rings is 1. The number of methoxy groups -OCH3 is 1. The first-order valence-electron chi connectivity index (χ1n) is 4.33. The number of rotatable bonds is 4. The standard InChI is InChI=1S/C11H15O/c1-3-10(9-12-2)11-7-5-4-6-8-11/h4-5,7-8,10H,3,9H2,1-2H3. The molecule has 0 spiro atoms. The van der Waals surface area contributed by atoms with Crippen LogP contribution in [0.3, 0.4) is 0 Å².